The molecule has 0 heterocycles. The first-order valence-corrected chi connectivity index (χ1v) is 4.34. The topological polar surface area (TPSA) is 55.1 Å². The van der Waals surface area contributed by atoms with Crippen molar-refractivity contribution >= 4 is 16.7 Å². The number of benzene rings is 1. The molecule has 0 aliphatic heterocycles. The van der Waals surface area contributed by atoms with Gasteiger partial charge >= 0.3 is 0 Å². The minimum absolute atomic E-state index is 0.556. The maximum atomic E-state index is 11.2. The van der Waals surface area contributed by atoms with Gasteiger partial charge in [-0.25, -0.2) is 8.93 Å². The van der Waals surface area contributed by atoms with E-state index in [0.29, 0.717) is 10.6 Å². The van der Waals surface area contributed by atoms with Crippen molar-refractivity contribution in [3.05, 3.63) is 24.3 Å². The van der Waals surface area contributed by atoms with E-state index in [1.54, 1.807) is 25.2 Å². The van der Waals surface area contributed by atoms with E-state index >= 15 is 0 Å². The maximum Gasteiger partial charge on any atom is 0.126 e. The largest absolute Gasteiger partial charge is 0.398 e. The summed E-state index contributed by atoms with van der Waals surface area (Å²) in [6.45, 7) is 0. The summed E-state index contributed by atoms with van der Waals surface area (Å²) in [6.07, 6.45) is 0. The number of nitrogens with one attached hydrogen (secondary N) is 1. The number of anilines is 1. The summed E-state index contributed by atoms with van der Waals surface area (Å²) in [5, 5.41) is 0. The van der Waals surface area contributed by atoms with Crippen LogP contribution in [0.3, 0.4) is 0 Å². The molecule has 1 aromatic rings. The van der Waals surface area contributed by atoms with Crippen LogP contribution >= 0.6 is 0 Å². The van der Waals surface area contributed by atoms with Crippen LogP contribution in [-0.4, -0.2) is 11.3 Å². The third kappa shape index (κ3) is 1.78. The van der Waals surface area contributed by atoms with E-state index in [1.165, 1.54) is 0 Å². The summed E-state index contributed by atoms with van der Waals surface area (Å²) in [6, 6.07) is 7.08. The Bertz CT molecular complexity index is 275. The first-order valence-electron chi connectivity index (χ1n) is 3.19. The van der Waals surface area contributed by atoms with Gasteiger partial charge in [0.2, 0.25) is 0 Å². The van der Waals surface area contributed by atoms with E-state index in [1.807, 2.05) is 6.07 Å². The van der Waals surface area contributed by atoms with E-state index in [0.717, 1.165) is 0 Å². The molecule has 0 aliphatic carbocycles. The Hall–Kier alpha value is -0.870. The highest BCUT2D eigenvalue weighted by Gasteiger charge is 2.02. The number of rotatable bonds is 2. The van der Waals surface area contributed by atoms with Crippen molar-refractivity contribution < 1.29 is 4.21 Å². The molecule has 0 radical (unpaired) electrons. The van der Waals surface area contributed by atoms with Gasteiger partial charge in [-0.2, -0.15) is 0 Å². The molecule has 0 fully saturated rings. The Labute approximate surface area is 68.2 Å². The number of para-hydroxylation sites is 1. The van der Waals surface area contributed by atoms with Crippen molar-refractivity contribution in [2.45, 2.75) is 4.90 Å². The van der Waals surface area contributed by atoms with Crippen LogP contribution in [0, 0.1) is 0 Å². The molecule has 11 heavy (non-hydrogen) atoms. The van der Waals surface area contributed by atoms with Crippen LogP contribution in [0.25, 0.3) is 0 Å². The fourth-order valence-electron chi connectivity index (χ4n) is 0.759. The smallest absolute Gasteiger partial charge is 0.126 e. The summed E-state index contributed by atoms with van der Waals surface area (Å²) in [5.74, 6) is 0. The molecule has 0 spiro atoms. The zero-order valence-corrected chi connectivity index (χ0v) is 7.02. The van der Waals surface area contributed by atoms with Crippen molar-refractivity contribution in [3.8, 4) is 0 Å². The van der Waals surface area contributed by atoms with E-state index in [2.05, 4.69) is 4.72 Å². The Morgan fingerprint density at radius 2 is 2.09 bits per heavy atom. The van der Waals surface area contributed by atoms with E-state index in [-0.39, 0.29) is 0 Å². The van der Waals surface area contributed by atoms with Gasteiger partial charge in [0.25, 0.3) is 0 Å². The zero-order chi connectivity index (χ0) is 8.27. The van der Waals surface area contributed by atoms with Crippen LogP contribution in [0.5, 0.6) is 0 Å². The Morgan fingerprint density at radius 1 is 1.45 bits per heavy atom. The Kier molecular flexibility index (Phi) is 2.62. The molecule has 1 rings (SSSR count). The lowest BCUT2D eigenvalue weighted by Crippen LogP contribution is -2.12. The molecule has 60 valence electrons. The Balaban J connectivity index is 3.03. The van der Waals surface area contributed by atoms with Crippen LogP contribution < -0.4 is 10.5 Å². The molecule has 3 nitrogen and oxygen atoms in total. The van der Waals surface area contributed by atoms with Crippen molar-refractivity contribution in [2.24, 2.45) is 0 Å². The number of hydrogen-bond donors (Lipinski definition) is 2. The number of hydrogen-bond acceptors (Lipinski definition) is 2. The van der Waals surface area contributed by atoms with Gasteiger partial charge in [-0.3, -0.25) is 0 Å². The lowest BCUT2D eigenvalue weighted by molar-refractivity contribution is 0.678. The summed E-state index contributed by atoms with van der Waals surface area (Å²) in [4.78, 5) is 0.634. The molecule has 0 bridgehead atoms. The predicted molar refractivity (Wildman–Crippen MR) is 46.3 cm³/mol. The van der Waals surface area contributed by atoms with Crippen molar-refractivity contribution in [1.29, 1.82) is 0 Å². The highest BCUT2D eigenvalue weighted by molar-refractivity contribution is 7.83. The van der Waals surface area contributed by atoms with Crippen LogP contribution in [0.1, 0.15) is 0 Å². The van der Waals surface area contributed by atoms with Gasteiger partial charge in [-0.1, -0.05) is 12.1 Å². The monoisotopic (exact) mass is 170 g/mol. The first kappa shape index (κ1) is 8.23. The fraction of sp³-hybridized carbons (Fsp3) is 0.143. The normalized spacial score (nSPS) is 12.8. The first-order chi connectivity index (χ1) is 5.25. The maximum absolute atomic E-state index is 11.2. The second kappa shape index (κ2) is 3.50. The van der Waals surface area contributed by atoms with Gasteiger partial charge in [-0.15, -0.1) is 0 Å². The summed E-state index contributed by atoms with van der Waals surface area (Å²) >= 11 is 0. The summed E-state index contributed by atoms with van der Waals surface area (Å²) in [5.41, 5.74) is 6.12. The SMILES string of the molecule is CNS(=O)c1ccccc1N. The summed E-state index contributed by atoms with van der Waals surface area (Å²) in [7, 11) is 0.451. The van der Waals surface area contributed by atoms with Gasteiger partial charge in [0, 0.05) is 5.69 Å². The second-order valence-electron chi connectivity index (χ2n) is 2.01. The van der Waals surface area contributed by atoms with Crippen molar-refractivity contribution in [1.82, 2.24) is 4.72 Å². The molecule has 0 aromatic heterocycles. The minimum atomic E-state index is -1.18. The standard InChI is InChI=1S/C7H10N2OS/c1-9-11(10)7-5-3-2-4-6(7)8/h2-5,9H,8H2,1H3. The number of nitrogen functional groups attached to an aromatic ring is 1. The molecule has 0 amide bonds. The molecule has 0 saturated heterocycles. The third-order valence-electron chi connectivity index (χ3n) is 1.30. The van der Waals surface area contributed by atoms with Gasteiger partial charge in [0.05, 0.1) is 4.90 Å². The molecule has 1 atom stereocenters. The molecule has 4 heteroatoms. The molecule has 3 N–H and O–H groups in total. The van der Waals surface area contributed by atoms with Gasteiger partial charge < -0.3 is 5.73 Å². The average molecular weight is 170 g/mol. The van der Waals surface area contributed by atoms with Gasteiger partial charge in [0.15, 0.2) is 0 Å². The molecule has 0 aliphatic rings. The molecule has 1 unspecified atom stereocenters. The van der Waals surface area contributed by atoms with Crippen molar-refractivity contribution in [2.75, 3.05) is 12.8 Å². The zero-order valence-electron chi connectivity index (χ0n) is 6.20. The second-order valence-corrected chi connectivity index (χ2v) is 3.40. The fourth-order valence-corrected chi connectivity index (χ4v) is 1.46. The van der Waals surface area contributed by atoms with E-state index in [4.69, 9.17) is 5.73 Å². The van der Waals surface area contributed by atoms with Crippen LogP contribution in [-0.2, 0) is 11.0 Å². The average Bonchev–Trinajstić information content (AvgIpc) is 2.04. The van der Waals surface area contributed by atoms with Gasteiger partial charge in [-0.05, 0) is 19.2 Å². The van der Waals surface area contributed by atoms with Crippen LogP contribution in [0.4, 0.5) is 5.69 Å². The van der Waals surface area contributed by atoms with E-state index in [9.17, 15) is 4.21 Å². The van der Waals surface area contributed by atoms with Crippen molar-refractivity contribution in [3.63, 3.8) is 0 Å². The molecule has 0 saturated carbocycles. The Morgan fingerprint density at radius 3 is 2.64 bits per heavy atom. The molecule has 1 aromatic carbocycles. The third-order valence-corrected chi connectivity index (χ3v) is 2.45. The predicted octanol–water partition coefficient (Wildman–Crippen LogP) is 0.511. The highest BCUT2D eigenvalue weighted by Crippen LogP contribution is 2.12. The molecular formula is C7H10N2OS. The highest BCUT2D eigenvalue weighted by atomic mass is 32.2. The van der Waals surface area contributed by atoms with Crippen LogP contribution in [0.2, 0.25) is 0 Å². The minimum Gasteiger partial charge on any atom is -0.398 e. The number of nitrogens with two attached hydrogens (primary N) is 1. The van der Waals surface area contributed by atoms with Crippen LogP contribution in [0.15, 0.2) is 29.2 Å². The van der Waals surface area contributed by atoms with Gasteiger partial charge in [0.1, 0.15) is 11.0 Å². The lowest BCUT2D eigenvalue weighted by atomic mass is 10.3. The molecular weight excluding hydrogens is 160 g/mol. The lowest BCUT2D eigenvalue weighted by Gasteiger charge is -2.01. The van der Waals surface area contributed by atoms with E-state index < -0.39 is 11.0 Å². The quantitative estimate of drug-likeness (QED) is 0.635. The summed E-state index contributed by atoms with van der Waals surface area (Å²) < 4.78 is 13.8.